The Morgan fingerprint density at radius 3 is 2.40 bits per heavy atom. The molecule has 0 aliphatic carbocycles. The molecular weight excluding hydrogens is 487 g/mol. The number of hydrogen-bond donors (Lipinski definition) is 3. The first-order valence-electron chi connectivity index (χ1n) is 10.7. The van der Waals surface area contributed by atoms with Gasteiger partial charge in [0.15, 0.2) is 5.96 Å². The molecule has 0 spiro atoms. The second-order valence-electron chi connectivity index (χ2n) is 7.81. The van der Waals surface area contributed by atoms with E-state index in [1.165, 1.54) is 11.1 Å². The summed E-state index contributed by atoms with van der Waals surface area (Å²) in [6.45, 7) is 5.39. The molecule has 1 saturated heterocycles. The Labute approximate surface area is 198 Å². The summed E-state index contributed by atoms with van der Waals surface area (Å²) in [6, 6.07) is 19.1. The Morgan fingerprint density at radius 1 is 1.10 bits per heavy atom. The minimum absolute atomic E-state index is 0. The number of rotatable bonds is 7. The maximum absolute atomic E-state index is 9.35. The molecule has 0 aromatic heterocycles. The van der Waals surface area contributed by atoms with Crippen LogP contribution >= 0.6 is 24.0 Å². The summed E-state index contributed by atoms with van der Waals surface area (Å²) in [6.07, 6.45) is 4.27. The fourth-order valence-corrected chi connectivity index (χ4v) is 3.92. The summed E-state index contributed by atoms with van der Waals surface area (Å²) in [5, 5.41) is 16.4. The molecule has 0 saturated carbocycles. The molecule has 2 aromatic rings. The van der Waals surface area contributed by atoms with Crippen LogP contribution in [0, 0.1) is 0 Å². The van der Waals surface area contributed by atoms with Gasteiger partial charge in [-0.2, -0.15) is 0 Å². The Morgan fingerprint density at radius 2 is 1.77 bits per heavy atom. The molecule has 6 heteroatoms. The summed E-state index contributed by atoms with van der Waals surface area (Å²) < 4.78 is 0. The van der Waals surface area contributed by atoms with Gasteiger partial charge in [-0.25, -0.2) is 0 Å². The van der Waals surface area contributed by atoms with Gasteiger partial charge in [-0.1, -0.05) is 42.5 Å². The molecule has 30 heavy (non-hydrogen) atoms. The number of benzene rings is 2. The van der Waals surface area contributed by atoms with E-state index in [0.717, 1.165) is 51.3 Å². The van der Waals surface area contributed by atoms with Gasteiger partial charge in [0, 0.05) is 38.8 Å². The van der Waals surface area contributed by atoms with Crippen molar-refractivity contribution < 1.29 is 5.11 Å². The van der Waals surface area contributed by atoms with Crippen LogP contribution in [-0.2, 0) is 6.42 Å². The quantitative estimate of drug-likeness (QED) is 0.219. The summed E-state index contributed by atoms with van der Waals surface area (Å²) >= 11 is 0. The molecule has 2 aromatic carbocycles. The van der Waals surface area contributed by atoms with Crippen LogP contribution in [0.5, 0.6) is 5.75 Å². The van der Waals surface area contributed by atoms with Crippen LogP contribution in [0.2, 0.25) is 0 Å². The number of aromatic hydroxyl groups is 1. The zero-order chi connectivity index (χ0) is 20.5. The first-order valence-corrected chi connectivity index (χ1v) is 10.7. The standard InChI is InChI=1S/C24H34N4O.HI/c1-19(21-8-4-3-5-9-21)28-17-14-22(15-18-28)27-24(25-2)26-16-6-7-20-10-12-23(29)13-11-20;/h3-5,8-13,19,22,29H,6-7,14-18H2,1-2H3,(H2,25,26,27);1H. The number of piperidine rings is 1. The van der Waals surface area contributed by atoms with Gasteiger partial charge in [-0.15, -0.1) is 24.0 Å². The molecule has 0 bridgehead atoms. The second-order valence-corrected chi connectivity index (χ2v) is 7.81. The van der Waals surface area contributed by atoms with Crippen molar-refractivity contribution in [2.75, 3.05) is 26.7 Å². The number of hydrogen-bond acceptors (Lipinski definition) is 3. The van der Waals surface area contributed by atoms with Crippen LogP contribution in [0.15, 0.2) is 59.6 Å². The summed E-state index contributed by atoms with van der Waals surface area (Å²) in [5.41, 5.74) is 2.64. The molecule has 1 fully saturated rings. The van der Waals surface area contributed by atoms with Gasteiger partial charge in [-0.3, -0.25) is 9.89 Å². The normalized spacial score (nSPS) is 16.5. The minimum Gasteiger partial charge on any atom is -0.508 e. The third kappa shape index (κ3) is 7.47. The van der Waals surface area contributed by atoms with E-state index in [1.54, 1.807) is 12.1 Å². The highest BCUT2D eigenvalue weighted by Gasteiger charge is 2.23. The fraction of sp³-hybridized carbons (Fsp3) is 0.458. The first kappa shape index (κ1) is 24.5. The van der Waals surface area contributed by atoms with E-state index < -0.39 is 0 Å². The topological polar surface area (TPSA) is 59.9 Å². The Kier molecular flexibility index (Phi) is 10.4. The second kappa shape index (κ2) is 12.8. The lowest BCUT2D eigenvalue weighted by atomic mass is 10.0. The first-order chi connectivity index (χ1) is 14.2. The van der Waals surface area contributed by atoms with Crippen molar-refractivity contribution in [1.82, 2.24) is 15.5 Å². The minimum atomic E-state index is 0. The fourth-order valence-electron chi connectivity index (χ4n) is 3.92. The zero-order valence-corrected chi connectivity index (χ0v) is 20.4. The van der Waals surface area contributed by atoms with Crippen molar-refractivity contribution in [1.29, 1.82) is 0 Å². The number of nitrogens with one attached hydrogen (secondary N) is 2. The van der Waals surface area contributed by atoms with Crippen LogP contribution in [0.4, 0.5) is 0 Å². The van der Waals surface area contributed by atoms with Gasteiger partial charge in [0.2, 0.25) is 0 Å². The highest BCUT2D eigenvalue weighted by Crippen LogP contribution is 2.23. The zero-order valence-electron chi connectivity index (χ0n) is 18.1. The average molecular weight is 522 g/mol. The van der Waals surface area contributed by atoms with Crippen molar-refractivity contribution >= 4 is 29.9 Å². The molecule has 0 radical (unpaired) electrons. The number of phenolic OH excluding ortho intramolecular Hbond substituents is 1. The molecule has 1 atom stereocenters. The van der Waals surface area contributed by atoms with E-state index >= 15 is 0 Å². The Bertz CT molecular complexity index is 759. The summed E-state index contributed by atoms with van der Waals surface area (Å²) in [7, 11) is 1.84. The summed E-state index contributed by atoms with van der Waals surface area (Å²) in [5.74, 6) is 1.21. The van der Waals surface area contributed by atoms with Crippen molar-refractivity contribution in [3.05, 3.63) is 65.7 Å². The van der Waals surface area contributed by atoms with Gasteiger partial charge < -0.3 is 15.7 Å². The van der Waals surface area contributed by atoms with E-state index in [9.17, 15) is 5.11 Å². The van der Waals surface area contributed by atoms with Gasteiger partial charge in [0.25, 0.3) is 0 Å². The van der Waals surface area contributed by atoms with E-state index in [0.29, 0.717) is 17.8 Å². The van der Waals surface area contributed by atoms with Crippen LogP contribution in [0.3, 0.4) is 0 Å². The number of nitrogens with zero attached hydrogens (tertiary/aromatic N) is 2. The maximum Gasteiger partial charge on any atom is 0.191 e. The van der Waals surface area contributed by atoms with Gasteiger partial charge >= 0.3 is 0 Å². The molecule has 1 aliphatic rings. The smallest absolute Gasteiger partial charge is 0.191 e. The third-order valence-corrected chi connectivity index (χ3v) is 5.79. The average Bonchev–Trinajstić information content (AvgIpc) is 2.77. The van der Waals surface area contributed by atoms with Gasteiger partial charge in [0.1, 0.15) is 5.75 Å². The summed E-state index contributed by atoms with van der Waals surface area (Å²) in [4.78, 5) is 6.96. The Balaban J connectivity index is 0.00000320. The lowest BCUT2D eigenvalue weighted by Crippen LogP contribution is -2.49. The van der Waals surface area contributed by atoms with Crippen LogP contribution in [0.1, 0.15) is 43.4 Å². The number of aryl methyl sites for hydroxylation is 1. The van der Waals surface area contributed by atoms with Crippen molar-refractivity contribution in [2.24, 2.45) is 4.99 Å². The molecule has 1 heterocycles. The molecular formula is C24H35IN4O. The number of likely N-dealkylation sites (tertiary alicyclic amines) is 1. The van der Waals surface area contributed by atoms with E-state index in [-0.39, 0.29) is 24.0 Å². The highest BCUT2D eigenvalue weighted by molar-refractivity contribution is 14.0. The molecule has 164 valence electrons. The predicted octanol–water partition coefficient (Wildman–Crippen LogP) is 4.33. The Hall–Kier alpha value is -1.80. The predicted molar refractivity (Wildman–Crippen MR) is 136 cm³/mol. The number of aliphatic imine (C=N–C) groups is 1. The monoisotopic (exact) mass is 522 g/mol. The van der Waals surface area contributed by atoms with Crippen LogP contribution in [-0.4, -0.2) is 48.7 Å². The van der Waals surface area contributed by atoms with Crippen LogP contribution < -0.4 is 10.6 Å². The van der Waals surface area contributed by atoms with Gasteiger partial charge in [0.05, 0.1) is 0 Å². The number of phenols is 1. The molecule has 0 amide bonds. The molecule has 5 nitrogen and oxygen atoms in total. The van der Waals surface area contributed by atoms with Crippen molar-refractivity contribution in [3.8, 4) is 5.75 Å². The van der Waals surface area contributed by atoms with E-state index in [4.69, 9.17) is 0 Å². The molecule has 3 N–H and O–H groups in total. The van der Waals surface area contributed by atoms with Crippen molar-refractivity contribution in [3.63, 3.8) is 0 Å². The highest BCUT2D eigenvalue weighted by atomic mass is 127. The number of guanidine groups is 1. The lowest BCUT2D eigenvalue weighted by Gasteiger charge is -2.37. The number of halogens is 1. The van der Waals surface area contributed by atoms with Crippen molar-refractivity contribution in [2.45, 2.75) is 44.7 Å². The van der Waals surface area contributed by atoms with Crippen LogP contribution in [0.25, 0.3) is 0 Å². The largest absolute Gasteiger partial charge is 0.508 e. The van der Waals surface area contributed by atoms with Gasteiger partial charge in [-0.05, 0) is 55.9 Å². The molecule has 1 unspecified atom stereocenters. The molecule has 3 rings (SSSR count). The van der Waals surface area contributed by atoms with E-state index in [1.807, 2.05) is 19.2 Å². The molecule has 1 aliphatic heterocycles. The van der Waals surface area contributed by atoms with E-state index in [2.05, 4.69) is 57.8 Å². The lowest BCUT2D eigenvalue weighted by molar-refractivity contribution is 0.158. The third-order valence-electron chi connectivity index (χ3n) is 5.79. The maximum atomic E-state index is 9.35. The SMILES string of the molecule is CN=C(NCCCc1ccc(O)cc1)NC1CCN(C(C)c2ccccc2)CC1.I.